The lowest BCUT2D eigenvalue weighted by Crippen LogP contribution is -2.25. The fraction of sp³-hybridized carbons (Fsp3) is 0.136. The summed E-state index contributed by atoms with van der Waals surface area (Å²) in [5.74, 6) is -1.24. The number of guanidine groups is 1. The van der Waals surface area contributed by atoms with E-state index < -0.39 is 11.6 Å². The first-order valence-electron chi connectivity index (χ1n) is 9.03. The molecule has 0 saturated carbocycles. The van der Waals surface area contributed by atoms with Gasteiger partial charge in [-0.05, 0) is 41.0 Å². The van der Waals surface area contributed by atoms with Crippen LogP contribution in [-0.4, -0.2) is 5.96 Å². The van der Waals surface area contributed by atoms with Crippen molar-refractivity contribution in [2.75, 3.05) is 0 Å². The topological polar surface area (TPSA) is 36.4 Å². The zero-order valence-electron chi connectivity index (χ0n) is 15.6. The quantitative estimate of drug-likeness (QED) is 0.476. The van der Waals surface area contributed by atoms with Gasteiger partial charge >= 0.3 is 0 Å². The number of halogens is 5. The largest absolute Gasteiger partial charge is 0.347 e. The zero-order valence-corrected chi connectivity index (χ0v) is 17.9. The summed E-state index contributed by atoms with van der Waals surface area (Å²) in [6, 6.07) is 18.5. The van der Waals surface area contributed by atoms with Crippen LogP contribution in [0.2, 0.25) is 10.0 Å². The average molecular weight is 469 g/mol. The highest BCUT2D eigenvalue weighted by atomic mass is 35.5. The van der Waals surface area contributed by atoms with Gasteiger partial charge in [-0.3, -0.25) is 0 Å². The van der Waals surface area contributed by atoms with E-state index in [1.54, 1.807) is 0 Å². The van der Waals surface area contributed by atoms with Gasteiger partial charge in [0.15, 0.2) is 17.6 Å². The second-order valence-electron chi connectivity index (χ2n) is 6.70. The number of hydrogen-bond acceptors (Lipinski definition) is 1. The maximum atomic E-state index is 13.5. The van der Waals surface area contributed by atoms with E-state index in [9.17, 15) is 8.78 Å². The number of hydrogen-bond donors (Lipinski definition) is 2. The number of nitrogens with one attached hydrogen (secondary N) is 2. The van der Waals surface area contributed by atoms with E-state index in [1.165, 1.54) is 6.07 Å². The summed E-state index contributed by atoms with van der Waals surface area (Å²) in [7, 11) is 0. The summed E-state index contributed by atoms with van der Waals surface area (Å²) in [4.78, 5) is 4.49. The maximum Gasteiger partial charge on any atom is 0.192 e. The van der Waals surface area contributed by atoms with E-state index in [2.05, 4.69) is 15.6 Å². The van der Waals surface area contributed by atoms with Crippen LogP contribution in [0.1, 0.15) is 28.8 Å². The molecule has 0 bridgehead atoms. The Morgan fingerprint density at radius 3 is 1.80 bits per heavy atom. The minimum atomic E-state index is -0.891. The lowest BCUT2D eigenvalue weighted by molar-refractivity contribution is 0.507. The molecule has 2 N–H and O–H groups in total. The Hall–Kier alpha value is -2.34. The lowest BCUT2D eigenvalue weighted by Gasteiger charge is -2.21. The highest BCUT2D eigenvalue weighted by molar-refractivity contribution is 6.32. The number of benzene rings is 3. The molecule has 3 nitrogen and oxygen atoms in total. The van der Waals surface area contributed by atoms with Crippen molar-refractivity contribution in [3.8, 4) is 0 Å². The summed E-state index contributed by atoms with van der Waals surface area (Å²) in [5, 5.41) is 7.96. The molecule has 1 fully saturated rings. The molecule has 156 valence electrons. The van der Waals surface area contributed by atoms with Crippen molar-refractivity contribution in [3.63, 3.8) is 0 Å². The van der Waals surface area contributed by atoms with Crippen molar-refractivity contribution >= 4 is 41.6 Å². The zero-order chi connectivity index (χ0) is 20.4. The Morgan fingerprint density at radius 1 is 0.767 bits per heavy atom. The maximum absolute atomic E-state index is 13.5. The SMILES string of the molecule is Cl.Fc1ccc(CN=C2NC(c3ccccc3Cl)C(c3ccccc3Cl)N2)cc1F. The first-order chi connectivity index (χ1) is 14.0. The van der Waals surface area contributed by atoms with Gasteiger partial charge in [-0.2, -0.15) is 0 Å². The van der Waals surface area contributed by atoms with E-state index in [-0.39, 0.29) is 31.0 Å². The van der Waals surface area contributed by atoms with Gasteiger partial charge in [0.2, 0.25) is 0 Å². The van der Waals surface area contributed by atoms with Crippen LogP contribution in [0.15, 0.2) is 71.7 Å². The molecule has 1 saturated heterocycles. The van der Waals surface area contributed by atoms with Crippen LogP contribution in [0.3, 0.4) is 0 Å². The molecule has 1 aliphatic rings. The fourth-order valence-corrected chi connectivity index (χ4v) is 3.88. The normalized spacial score (nSPS) is 17.7. The van der Waals surface area contributed by atoms with Crippen molar-refractivity contribution in [2.24, 2.45) is 4.99 Å². The van der Waals surface area contributed by atoms with E-state index >= 15 is 0 Å². The monoisotopic (exact) mass is 467 g/mol. The first kappa shape index (κ1) is 22.3. The summed E-state index contributed by atoms with van der Waals surface area (Å²) >= 11 is 12.9. The lowest BCUT2D eigenvalue weighted by atomic mass is 9.95. The van der Waals surface area contributed by atoms with Gasteiger partial charge in [-0.1, -0.05) is 65.7 Å². The van der Waals surface area contributed by atoms with Crippen LogP contribution >= 0.6 is 35.6 Å². The van der Waals surface area contributed by atoms with Gasteiger partial charge in [-0.25, -0.2) is 13.8 Å². The van der Waals surface area contributed by atoms with Crippen LogP contribution in [0.5, 0.6) is 0 Å². The highest BCUT2D eigenvalue weighted by Gasteiger charge is 2.34. The van der Waals surface area contributed by atoms with Crippen LogP contribution in [0, 0.1) is 11.6 Å². The van der Waals surface area contributed by atoms with Crippen LogP contribution in [0.25, 0.3) is 0 Å². The molecule has 0 amide bonds. The third-order valence-electron chi connectivity index (χ3n) is 4.80. The summed E-state index contributed by atoms with van der Waals surface area (Å²) < 4.78 is 26.6. The molecule has 2 unspecified atom stereocenters. The molecule has 0 aliphatic carbocycles. The van der Waals surface area contributed by atoms with Crippen molar-refractivity contribution in [1.29, 1.82) is 0 Å². The summed E-state index contributed by atoms with van der Waals surface area (Å²) in [6.07, 6.45) is 0. The molecular weight excluding hydrogens is 451 g/mol. The van der Waals surface area contributed by atoms with Gasteiger partial charge < -0.3 is 10.6 Å². The average Bonchev–Trinajstić information content (AvgIpc) is 3.13. The van der Waals surface area contributed by atoms with Gasteiger partial charge in [0.25, 0.3) is 0 Å². The van der Waals surface area contributed by atoms with Crippen molar-refractivity contribution in [2.45, 2.75) is 18.6 Å². The minimum Gasteiger partial charge on any atom is -0.347 e. The second-order valence-corrected chi connectivity index (χ2v) is 7.51. The third kappa shape index (κ3) is 4.69. The highest BCUT2D eigenvalue weighted by Crippen LogP contribution is 2.38. The molecule has 1 heterocycles. The van der Waals surface area contributed by atoms with E-state index in [1.807, 2.05) is 48.5 Å². The molecule has 4 rings (SSSR count). The molecule has 3 aromatic carbocycles. The Labute approximate surface area is 189 Å². The van der Waals surface area contributed by atoms with E-state index in [0.717, 1.165) is 23.3 Å². The smallest absolute Gasteiger partial charge is 0.192 e. The molecule has 30 heavy (non-hydrogen) atoms. The Morgan fingerprint density at radius 2 is 1.30 bits per heavy atom. The Kier molecular flexibility index (Phi) is 7.19. The fourth-order valence-electron chi connectivity index (χ4n) is 3.37. The molecule has 1 aliphatic heterocycles. The predicted molar refractivity (Wildman–Crippen MR) is 119 cm³/mol. The summed E-state index contributed by atoms with van der Waals surface area (Å²) in [6.45, 7) is 0.191. The molecule has 8 heteroatoms. The summed E-state index contributed by atoms with van der Waals surface area (Å²) in [5.41, 5.74) is 2.38. The standard InChI is InChI=1S/C22H17Cl2F2N3.ClH/c23-16-7-3-1-5-14(16)20-21(15-6-2-4-8-17(15)24)29-22(28-20)27-12-13-9-10-18(25)19(26)11-13;/h1-11,20-21H,12H2,(H2,27,28,29);1H. The number of nitrogens with zero attached hydrogens (tertiary/aromatic N) is 1. The molecule has 0 spiro atoms. The van der Waals surface area contributed by atoms with Crippen LogP contribution in [-0.2, 0) is 6.54 Å². The van der Waals surface area contributed by atoms with Gasteiger partial charge in [0.05, 0.1) is 18.6 Å². The second kappa shape index (κ2) is 9.65. The molecule has 2 atom stereocenters. The van der Waals surface area contributed by atoms with E-state index in [4.69, 9.17) is 23.2 Å². The Balaban J connectivity index is 0.00000256. The Bertz CT molecular complexity index is 1020. The van der Waals surface area contributed by atoms with Crippen molar-refractivity contribution in [3.05, 3.63) is 105 Å². The molecule has 0 aromatic heterocycles. The molecule has 3 aromatic rings. The minimum absolute atomic E-state index is 0. The first-order valence-corrected chi connectivity index (χ1v) is 9.79. The predicted octanol–water partition coefficient (Wildman–Crippen LogP) is 6.22. The molecule has 0 radical (unpaired) electrons. The number of rotatable bonds is 4. The number of aliphatic imine (C=N–C) groups is 1. The van der Waals surface area contributed by atoms with Crippen LogP contribution in [0.4, 0.5) is 8.78 Å². The third-order valence-corrected chi connectivity index (χ3v) is 5.49. The van der Waals surface area contributed by atoms with Gasteiger partial charge in [0.1, 0.15) is 0 Å². The van der Waals surface area contributed by atoms with Crippen molar-refractivity contribution in [1.82, 2.24) is 10.6 Å². The van der Waals surface area contributed by atoms with Crippen molar-refractivity contribution < 1.29 is 8.78 Å². The van der Waals surface area contributed by atoms with Gasteiger partial charge in [-0.15, -0.1) is 12.4 Å². The van der Waals surface area contributed by atoms with Crippen LogP contribution < -0.4 is 10.6 Å². The molecular formula is C22H18Cl3F2N3. The van der Waals surface area contributed by atoms with E-state index in [0.29, 0.717) is 21.6 Å². The van der Waals surface area contributed by atoms with Gasteiger partial charge in [0, 0.05) is 10.0 Å².